The van der Waals surface area contributed by atoms with Crippen LogP contribution in [0, 0.1) is 0 Å². The summed E-state index contributed by atoms with van der Waals surface area (Å²) in [6.45, 7) is -1.35. The van der Waals surface area contributed by atoms with Crippen LogP contribution in [0.4, 0.5) is 23.7 Å². The second-order valence-electron chi connectivity index (χ2n) is 3.04. The lowest BCUT2D eigenvalue weighted by Crippen LogP contribution is -2.41. The predicted octanol–water partition coefficient (Wildman–Crippen LogP) is 1.79. The second-order valence-corrected chi connectivity index (χ2v) is 3.04. The minimum atomic E-state index is -4.41. The van der Waals surface area contributed by atoms with E-state index in [4.69, 9.17) is 0 Å². The summed E-state index contributed by atoms with van der Waals surface area (Å²) in [5, 5.41) is 1.76. The van der Waals surface area contributed by atoms with Crippen LogP contribution in [0.25, 0.3) is 0 Å². The quantitative estimate of drug-likeness (QED) is 0.846. The number of pyridine rings is 1. The Morgan fingerprint density at radius 2 is 2.00 bits per heavy atom. The van der Waals surface area contributed by atoms with Crippen molar-refractivity contribution in [3.63, 3.8) is 0 Å². The third kappa shape index (κ3) is 3.76. The highest BCUT2D eigenvalue weighted by molar-refractivity contribution is 5.91. The van der Waals surface area contributed by atoms with Crippen LogP contribution in [0.2, 0.25) is 0 Å². The van der Waals surface area contributed by atoms with Crippen LogP contribution in [0.15, 0.2) is 24.5 Å². The molecule has 0 aliphatic rings. The van der Waals surface area contributed by atoms with Gasteiger partial charge in [-0.15, -0.1) is 0 Å². The maximum Gasteiger partial charge on any atom is 0.405 e. The van der Waals surface area contributed by atoms with E-state index in [1.807, 2.05) is 0 Å². The van der Waals surface area contributed by atoms with E-state index < -0.39 is 18.8 Å². The van der Waals surface area contributed by atoms with Crippen LogP contribution in [0.3, 0.4) is 0 Å². The number of alkyl halides is 3. The third-order valence-electron chi connectivity index (χ3n) is 1.79. The Bertz CT molecular complexity index is 353. The molecule has 0 unspecified atom stereocenters. The number of carbonyl (C=O) groups excluding carboxylic acids is 1. The van der Waals surface area contributed by atoms with Crippen LogP contribution < -0.4 is 10.2 Å². The highest BCUT2D eigenvalue weighted by atomic mass is 19.4. The van der Waals surface area contributed by atoms with Crippen molar-refractivity contribution in [1.82, 2.24) is 10.3 Å². The minimum absolute atomic E-state index is 0.467. The first kappa shape index (κ1) is 12.3. The molecule has 4 nitrogen and oxygen atoms in total. The fourth-order valence-corrected chi connectivity index (χ4v) is 0.979. The molecule has 0 saturated carbocycles. The molecule has 1 aromatic heterocycles. The molecule has 1 aromatic rings. The topological polar surface area (TPSA) is 45.2 Å². The van der Waals surface area contributed by atoms with Crippen LogP contribution in [-0.2, 0) is 0 Å². The first-order valence-corrected chi connectivity index (χ1v) is 4.38. The van der Waals surface area contributed by atoms with Crippen molar-refractivity contribution in [2.45, 2.75) is 6.18 Å². The number of urea groups is 1. The molecule has 1 N–H and O–H groups in total. The molecule has 88 valence electrons. The van der Waals surface area contributed by atoms with E-state index >= 15 is 0 Å². The van der Waals surface area contributed by atoms with Crippen LogP contribution in [-0.4, -0.2) is 30.8 Å². The number of rotatable bonds is 2. The fourth-order valence-electron chi connectivity index (χ4n) is 0.979. The van der Waals surface area contributed by atoms with Gasteiger partial charge >= 0.3 is 12.2 Å². The number of hydrogen-bond donors (Lipinski definition) is 1. The molecule has 0 atom stereocenters. The Hall–Kier alpha value is -1.79. The third-order valence-corrected chi connectivity index (χ3v) is 1.79. The van der Waals surface area contributed by atoms with Gasteiger partial charge in [-0.1, -0.05) is 0 Å². The molecule has 0 aromatic carbocycles. The minimum Gasteiger partial charge on any atom is -0.329 e. The highest BCUT2D eigenvalue weighted by Crippen LogP contribution is 2.13. The Labute approximate surface area is 90.1 Å². The first-order valence-electron chi connectivity index (χ1n) is 4.38. The Morgan fingerprint density at radius 3 is 2.50 bits per heavy atom. The summed E-state index contributed by atoms with van der Waals surface area (Å²) in [6.07, 6.45) is -1.51. The predicted molar refractivity (Wildman–Crippen MR) is 52.1 cm³/mol. The van der Waals surface area contributed by atoms with Gasteiger partial charge in [-0.2, -0.15) is 13.2 Å². The van der Waals surface area contributed by atoms with Crippen molar-refractivity contribution >= 4 is 11.7 Å². The number of carbonyl (C=O) groups is 1. The normalized spacial score (nSPS) is 11.0. The maximum atomic E-state index is 11.8. The summed E-state index contributed by atoms with van der Waals surface area (Å²) >= 11 is 0. The Kier molecular flexibility index (Phi) is 3.70. The molecule has 1 rings (SSSR count). The zero-order valence-electron chi connectivity index (χ0n) is 8.45. The molecule has 0 aliphatic carbocycles. The van der Waals surface area contributed by atoms with Gasteiger partial charge in [0.2, 0.25) is 0 Å². The van der Waals surface area contributed by atoms with Gasteiger partial charge in [0, 0.05) is 25.1 Å². The number of anilines is 1. The van der Waals surface area contributed by atoms with E-state index in [1.54, 1.807) is 5.32 Å². The van der Waals surface area contributed by atoms with Gasteiger partial charge in [0.25, 0.3) is 0 Å². The molecule has 0 spiro atoms. The number of nitrogens with zero attached hydrogens (tertiary/aromatic N) is 2. The second kappa shape index (κ2) is 4.82. The van der Waals surface area contributed by atoms with Crippen molar-refractivity contribution in [2.24, 2.45) is 0 Å². The van der Waals surface area contributed by atoms with E-state index in [0.717, 1.165) is 4.90 Å². The molecule has 0 radical (unpaired) electrons. The van der Waals surface area contributed by atoms with Gasteiger partial charge in [-0.25, -0.2) is 4.79 Å². The lowest BCUT2D eigenvalue weighted by molar-refractivity contribution is -0.122. The molecule has 7 heteroatoms. The molecule has 2 amide bonds. The van der Waals surface area contributed by atoms with Crippen molar-refractivity contribution in [2.75, 3.05) is 18.5 Å². The largest absolute Gasteiger partial charge is 0.405 e. The van der Waals surface area contributed by atoms with Gasteiger partial charge in [0.15, 0.2) is 0 Å². The zero-order valence-corrected chi connectivity index (χ0v) is 8.45. The summed E-state index contributed by atoms with van der Waals surface area (Å²) in [5.74, 6) is 0. The summed E-state index contributed by atoms with van der Waals surface area (Å²) < 4.78 is 35.5. The number of amides is 2. The van der Waals surface area contributed by atoms with Crippen LogP contribution in [0.1, 0.15) is 0 Å². The van der Waals surface area contributed by atoms with Crippen molar-refractivity contribution in [3.05, 3.63) is 24.5 Å². The highest BCUT2D eigenvalue weighted by Gasteiger charge is 2.28. The van der Waals surface area contributed by atoms with E-state index in [2.05, 4.69) is 4.98 Å². The zero-order chi connectivity index (χ0) is 12.2. The molecule has 16 heavy (non-hydrogen) atoms. The average Bonchev–Trinajstić information content (AvgIpc) is 2.25. The SMILES string of the molecule is CN(C(=O)NCC(F)(F)F)c1ccncc1. The number of halogens is 3. The number of aromatic nitrogens is 1. The Morgan fingerprint density at radius 1 is 1.44 bits per heavy atom. The number of hydrogen-bond acceptors (Lipinski definition) is 2. The number of nitrogens with one attached hydrogen (secondary N) is 1. The average molecular weight is 233 g/mol. The fraction of sp³-hybridized carbons (Fsp3) is 0.333. The molecule has 0 bridgehead atoms. The monoisotopic (exact) mass is 233 g/mol. The first-order chi connectivity index (χ1) is 7.40. The molecular weight excluding hydrogens is 223 g/mol. The summed E-state index contributed by atoms with van der Waals surface area (Å²) in [6, 6.07) is 2.23. The van der Waals surface area contributed by atoms with E-state index in [-0.39, 0.29) is 0 Å². The summed E-state index contributed by atoms with van der Waals surface area (Å²) in [4.78, 5) is 16.1. The lowest BCUT2D eigenvalue weighted by atomic mass is 10.4. The van der Waals surface area contributed by atoms with Gasteiger partial charge in [0.1, 0.15) is 6.54 Å². The lowest BCUT2D eigenvalue weighted by Gasteiger charge is -2.18. The standard InChI is InChI=1S/C9H10F3N3O/c1-15(7-2-4-13-5-3-7)8(16)14-6-9(10,11)12/h2-5H,6H2,1H3,(H,14,16). The Balaban J connectivity index is 2.55. The van der Waals surface area contributed by atoms with E-state index in [9.17, 15) is 18.0 Å². The van der Waals surface area contributed by atoms with Crippen molar-refractivity contribution < 1.29 is 18.0 Å². The van der Waals surface area contributed by atoms with Gasteiger partial charge < -0.3 is 5.32 Å². The molecular formula is C9H10F3N3O. The summed E-state index contributed by atoms with van der Waals surface area (Å²) in [7, 11) is 1.38. The van der Waals surface area contributed by atoms with Gasteiger partial charge in [-0.3, -0.25) is 9.88 Å². The molecule has 0 aliphatic heterocycles. The molecule has 1 heterocycles. The van der Waals surface area contributed by atoms with Crippen LogP contribution in [0.5, 0.6) is 0 Å². The van der Waals surface area contributed by atoms with Crippen molar-refractivity contribution in [1.29, 1.82) is 0 Å². The summed E-state index contributed by atoms with van der Waals surface area (Å²) in [5.41, 5.74) is 0.467. The van der Waals surface area contributed by atoms with E-state index in [0.29, 0.717) is 5.69 Å². The molecule has 0 saturated heterocycles. The van der Waals surface area contributed by atoms with Crippen LogP contribution >= 0.6 is 0 Å². The maximum absolute atomic E-state index is 11.8. The van der Waals surface area contributed by atoms with Gasteiger partial charge in [0.05, 0.1) is 0 Å². The van der Waals surface area contributed by atoms with E-state index in [1.165, 1.54) is 31.6 Å². The van der Waals surface area contributed by atoms with Crippen molar-refractivity contribution in [3.8, 4) is 0 Å². The molecule has 0 fully saturated rings. The van der Waals surface area contributed by atoms with Gasteiger partial charge in [-0.05, 0) is 12.1 Å². The smallest absolute Gasteiger partial charge is 0.329 e.